The summed E-state index contributed by atoms with van der Waals surface area (Å²) in [4.78, 5) is 27.9. The van der Waals surface area contributed by atoms with E-state index in [1.165, 1.54) is 7.11 Å². The molecule has 1 aliphatic heterocycles. The van der Waals surface area contributed by atoms with Crippen molar-refractivity contribution in [2.24, 2.45) is 5.92 Å². The minimum Gasteiger partial charge on any atom is -0.491 e. The second-order valence-electron chi connectivity index (χ2n) is 9.02. The fraction of sp³-hybridized carbons (Fsp3) is 0.207. The van der Waals surface area contributed by atoms with Gasteiger partial charge in [-0.1, -0.05) is 65.7 Å². The molecule has 0 saturated carbocycles. The molecule has 0 bridgehead atoms. The summed E-state index contributed by atoms with van der Waals surface area (Å²) in [6, 6.07) is 23.8. The first-order valence-corrected chi connectivity index (χ1v) is 13.0. The van der Waals surface area contributed by atoms with Gasteiger partial charge in [-0.15, -0.1) is 5.10 Å². The number of nitrogens with one attached hydrogen (secondary N) is 1. The van der Waals surface area contributed by atoms with Gasteiger partial charge in [0.1, 0.15) is 5.69 Å². The second-order valence-corrected chi connectivity index (χ2v) is 9.87. The monoisotopic (exact) mass is 548 g/mol. The van der Waals surface area contributed by atoms with E-state index in [2.05, 4.69) is 5.32 Å². The summed E-state index contributed by atoms with van der Waals surface area (Å²) < 4.78 is 7.43. The molecule has 2 heterocycles. The van der Waals surface area contributed by atoms with E-state index in [0.717, 1.165) is 5.56 Å². The zero-order chi connectivity index (χ0) is 26.6. The average Bonchev–Trinajstić information content (AvgIpc) is 3.31. The van der Waals surface area contributed by atoms with E-state index in [1.54, 1.807) is 39.9 Å². The van der Waals surface area contributed by atoms with Crippen molar-refractivity contribution in [1.29, 1.82) is 0 Å². The number of nitrogens with zero attached hydrogens (tertiary/aromatic N) is 3. The number of ether oxygens (including phenoxy) is 1. The molecule has 0 spiro atoms. The molecule has 3 aromatic carbocycles. The standard InChI is InChI=1S/C29H26Cl2N4O3/c1-38-26-25(19-11-13-22(30)14-12-19)35(24-10-6-5-9-23(24)31)33-27(26)32-28(36)20-15-17-34(18-16-20)29(37)21-7-3-2-4-8-21/h2-14,20H,15-18H2,1H3,(H,32,33,36). The quantitative estimate of drug-likeness (QED) is 0.304. The number of likely N-dealkylation sites (tertiary alicyclic amines) is 1. The molecule has 1 aliphatic rings. The van der Waals surface area contributed by atoms with Gasteiger partial charge in [0.05, 0.1) is 17.8 Å². The molecular weight excluding hydrogens is 523 g/mol. The number of benzene rings is 3. The number of para-hydroxylation sites is 1. The van der Waals surface area contributed by atoms with Gasteiger partial charge in [-0.2, -0.15) is 0 Å². The molecule has 1 saturated heterocycles. The van der Waals surface area contributed by atoms with Crippen molar-refractivity contribution < 1.29 is 14.3 Å². The highest BCUT2D eigenvalue weighted by atomic mass is 35.5. The van der Waals surface area contributed by atoms with Crippen molar-refractivity contribution in [1.82, 2.24) is 14.7 Å². The van der Waals surface area contributed by atoms with E-state index >= 15 is 0 Å². The molecule has 0 unspecified atom stereocenters. The van der Waals surface area contributed by atoms with Crippen LogP contribution in [0.2, 0.25) is 10.0 Å². The number of amides is 2. The van der Waals surface area contributed by atoms with Gasteiger partial charge in [-0.05, 0) is 49.2 Å². The van der Waals surface area contributed by atoms with E-state index < -0.39 is 0 Å². The number of piperidine rings is 1. The van der Waals surface area contributed by atoms with Crippen LogP contribution in [0.15, 0.2) is 78.9 Å². The fourth-order valence-corrected chi connectivity index (χ4v) is 5.01. The van der Waals surface area contributed by atoms with Crippen LogP contribution >= 0.6 is 23.2 Å². The third-order valence-corrected chi connectivity index (χ3v) is 7.23. The molecule has 7 nitrogen and oxygen atoms in total. The van der Waals surface area contributed by atoms with Crippen LogP contribution in [-0.4, -0.2) is 46.7 Å². The molecule has 38 heavy (non-hydrogen) atoms. The minimum atomic E-state index is -0.260. The molecule has 5 rings (SSSR count). The molecule has 1 N–H and O–H groups in total. The maximum absolute atomic E-state index is 13.3. The summed E-state index contributed by atoms with van der Waals surface area (Å²) in [5.74, 6) is 0.269. The molecule has 1 aromatic heterocycles. The molecule has 9 heteroatoms. The molecule has 0 aliphatic carbocycles. The zero-order valence-corrected chi connectivity index (χ0v) is 22.2. The topological polar surface area (TPSA) is 76.5 Å². The highest BCUT2D eigenvalue weighted by molar-refractivity contribution is 6.32. The van der Waals surface area contributed by atoms with Gasteiger partial charge in [-0.25, -0.2) is 4.68 Å². The first-order chi connectivity index (χ1) is 18.5. The SMILES string of the molecule is COc1c(NC(=O)C2CCN(C(=O)c3ccccc3)CC2)nn(-c2ccccc2Cl)c1-c1ccc(Cl)cc1. The number of carbonyl (C=O) groups excluding carboxylic acids is 2. The largest absolute Gasteiger partial charge is 0.491 e. The van der Waals surface area contributed by atoms with Crippen LogP contribution in [0.25, 0.3) is 16.9 Å². The number of carbonyl (C=O) groups is 2. The Balaban J connectivity index is 1.39. The summed E-state index contributed by atoms with van der Waals surface area (Å²) in [6.07, 6.45) is 1.12. The number of anilines is 1. The molecular formula is C29H26Cl2N4O3. The van der Waals surface area contributed by atoms with Crippen LogP contribution in [-0.2, 0) is 4.79 Å². The number of hydrogen-bond donors (Lipinski definition) is 1. The van der Waals surface area contributed by atoms with Crippen molar-refractivity contribution >= 4 is 40.8 Å². The fourth-order valence-electron chi connectivity index (χ4n) is 4.66. The van der Waals surface area contributed by atoms with E-state index in [0.29, 0.717) is 64.5 Å². The lowest BCUT2D eigenvalue weighted by molar-refractivity contribution is -0.121. The van der Waals surface area contributed by atoms with Gasteiger partial charge in [0.2, 0.25) is 5.91 Å². The second kappa shape index (κ2) is 11.3. The Bertz CT molecular complexity index is 1450. The number of hydrogen-bond acceptors (Lipinski definition) is 4. The van der Waals surface area contributed by atoms with E-state index in [4.69, 9.17) is 33.0 Å². The first kappa shape index (κ1) is 25.8. The Morgan fingerprint density at radius 1 is 0.921 bits per heavy atom. The van der Waals surface area contributed by atoms with Crippen molar-refractivity contribution in [2.75, 3.05) is 25.5 Å². The Morgan fingerprint density at radius 3 is 2.24 bits per heavy atom. The van der Waals surface area contributed by atoms with Crippen LogP contribution in [0.5, 0.6) is 5.75 Å². The van der Waals surface area contributed by atoms with Crippen molar-refractivity contribution in [3.8, 4) is 22.7 Å². The van der Waals surface area contributed by atoms with Crippen LogP contribution in [0.1, 0.15) is 23.2 Å². The Morgan fingerprint density at radius 2 is 1.58 bits per heavy atom. The molecule has 2 amide bonds. The number of halogens is 2. The lowest BCUT2D eigenvalue weighted by atomic mass is 9.95. The van der Waals surface area contributed by atoms with Gasteiger partial charge in [-0.3, -0.25) is 9.59 Å². The summed E-state index contributed by atoms with van der Waals surface area (Å²) in [5, 5.41) is 8.78. The van der Waals surface area contributed by atoms with Gasteiger partial charge in [0, 0.05) is 35.2 Å². The van der Waals surface area contributed by atoms with Crippen LogP contribution in [0, 0.1) is 5.92 Å². The molecule has 4 aromatic rings. The number of aromatic nitrogens is 2. The van der Waals surface area contributed by atoms with E-state index in [-0.39, 0.29) is 17.7 Å². The highest BCUT2D eigenvalue weighted by Crippen LogP contribution is 2.40. The van der Waals surface area contributed by atoms with Crippen LogP contribution < -0.4 is 10.1 Å². The van der Waals surface area contributed by atoms with Crippen LogP contribution in [0.3, 0.4) is 0 Å². The van der Waals surface area contributed by atoms with E-state index in [9.17, 15) is 9.59 Å². The van der Waals surface area contributed by atoms with Crippen LogP contribution in [0.4, 0.5) is 5.82 Å². The lowest BCUT2D eigenvalue weighted by Gasteiger charge is -2.31. The number of methoxy groups -OCH3 is 1. The predicted molar refractivity (Wildman–Crippen MR) is 149 cm³/mol. The minimum absolute atomic E-state index is 0.0165. The maximum atomic E-state index is 13.3. The first-order valence-electron chi connectivity index (χ1n) is 12.3. The number of rotatable bonds is 6. The van der Waals surface area contributed by atoms with Gasteiger partial charge >= 0.3 is 0 Å². The molecule has 0 radical (unpaired) electrons. The molecule has 0 atom stereocenters. The smallest absolute Gasteiger partial charge is 0.253 e. The van der Waals surface area contributed by atoms with Gasteiger partial charge in [0.25, 0.3) is 5.91 Å². The average molecular weight is 549 g/mol. The highest BCUT2D eigenvalue weighted by Gasteiger charge is 2.30. The summed E-state index contributed by atoms with van der Waals surface area (Å²) >= 11 is 12.6. The van der Waals surface area contributed by atoms with Crippen molar-refractivity contribution in [3.63, 3.8) is 0 Å². The molecule has 1 fully saturated rings. The van der Waals surface area contributed by atoms with Gasteiger partial charge in [0.15, 0.2) is 11.6 Å². The third kappa shape index (κ3) is 5.26. The lowest BCUT2D eigenvalue weighted by Crippen LogP contribution is -2.41. The third-order valence-electron chi connectivity index (χ3n) is 6.66. The Hall–Kier alpha value is -3.81. The van der Waals surface area contributed by atoms with E-state index in [1.807, 2.05) is 48.5 Å². The summed E-state index contributed by atoms with van der Waals surface area (Å²) in [6.45, 7) is 1.01. The van der Waals surface area contributed by atoms with Crippen molar-refractivity contribution in [3.05, 3.63) is 94.5 Å². The summed E-state index contributed by atoms with van der Waals surface area (Å²) in [5.41, 5.74) is 2.73. The predicted octanol–water partition coefficient (Wildman–Crippen LogP) is 6.35. The zero-order valence-electron chi connectivity index (χ0n) is 20.7. The Labute approximate surface area is 230 Å². The normalized spacial score (nSPS) is 13.8. The summed E-state index contributed by atoms with van der Waals surface area (Å²) in [7, 11) is 1.54. The molecule has 194 valence electrons. The Kier molecular flexibility index (Phi) is 7.67. The maximum Gasteiger partial charge on any atom is 0.253 e. The van der Waals surface area contributed by atoms with Crippen molar-refractivity contribution in [2.45, 2.75) is 12.8 Å². The van der Waals surface area contributed by atoms with Gasteiger partial charge < -0.3 is 15.0 Å².